The number of piperidine rings is 1. The zero-order chi connectivity index (χ0) is 30.3. The number of aromatic hydroxyl groups is 1. The second-order valence-electron chi connectivity index (χ2n) is 9.49. The zero-order valence-electron chi connectivity index (χ0n) is 22.3. The Labute approximate surface area is 234 Å². The third kappa shape index (κ3) is 8.47. The number of benzene rings is 2. The minimum Gasteiger partial charge on any atom is -0.507 e. The van der Waals surface area contributed by atoms with Crippen molar-refractivity contribution in [2.75, 3.05) is 24.5 Å². The van der Waals surface area contributed by atoms with E-state index in [2.05, 4.69) is 0 Å². The maximum absolute atomic E-state index is 14.1. The molecule has 1 aliphatic heterocycles. The fourth-order valence-electron chi connectivity index (χ4n) is 4.32. The lowest BCUT2D eigenvalue weighted by molar-refractivity contribution is -0.139. The molecule has 0 aromatic heterocycles. The number of aliphatic carboxylic acids is 1. The number of carboxylic acid groups (broad SMARTS) is 1. The van der Waals surface area contributed by atoms with Gasteiger partial charge in [0.15, 0.2) is 0 Å². The number of nitrogens with zero attached hydrogens (tertiary/aromatic N) is 2. The Morgan fingerprint density at radius 1 is 1.15 bits per heavy atom. The molecule has 0 bridgehead atoms. The van der Waals surface area contributed by atoms with Crippen LogP contribution in [0.5, 0.6) is 11.5 Å². The van der Waals surface area contributed by atoms with Gasteiger partial charge in [0.25, 0.3) is 0 Å². The summed E-state index contributed by atoms with van der Waals surface area (Å²) in [7, 11) is 0. The highest BCUT2D eigenvalue weighted by molar-refractivity contribution is 5.96. The summed E-state index contributed by atoms with van der Waals surface area (Å²) in [6.07, 6.45) is -2.78. The summed E-state index contributed by atoms with van der Waals surface area (Å²) >= 11 is 0. The van der Waals surface area contributed by atoms with Crippen molar-refractivity contribution in [1.82, 2.24) is 4.90 Å². The summed E-state index contributed by atoms with van der Waals surface area (Å²) in [4.78, 5) is 38.1. The topological polar surface area (TPSA) is 157 Å². The van der Waals surface area contributed by atoms with E-state index in [1.165, 1.54) is 43.3 Å². The largest absolute Gasteiger partial charge is 0.507 e. The third-order valence-electron chi connectivity index (χ3n) is 6.54. The molecule has 5 N–H and O–H groups in total. The molecular formula is C28H31F3N4O6. The van der Waals surface area contributed by atoms with Crippen molar-refractivity contribution >= 4 is 35.4 Å². The van der Waals surface area contributed by atoms with E-state index in [0.29, 0.717) is 31.5 Å². The number of carbonyl (C=O) groups excluding carboxylic acids is 2. The first kappa shape index (κ1) is 31.0. The molecule has 220 valence electrons. The Bertz CT molecular complexity index is 1340. The minimum absolute atomic E-state index is 0.118. The fourth-order valence-corrected chi connectivity index (χ4v) is 4.32. The van der Waals surface area contributed by atoms with E-state index in [-0.39, 0.29) is 35.3 Å². The SMILES string of the molecule is CC(=O)N1CCC(Oc2ccc(N(C/C=C/c3cc(C(=N)N)ccc3O)C(=O)CCC(=O)O)cc2C(F)(F)F)CC1. The van der Waals surface area contributed by atoms with Crippen LogP contribution in [0.25, 0.3) is 6.08 Å². The van der Waals surface area contributed by atoms with Gasteiger partial charge in [-0.05, 0) is 36.4 Å². The molecule has 2 aromatic rings. The van der Waals surface area contributed by atoms with Crippen molar-refractivity contribution < 1.29 is 42.5 Å². The van der Waals surface area contributed by atoms with E-state index in [4.69, 9.17) is 21.0 Å². The summed E-state index contributed by atoms with van der Waals surface area (Å²) in [5.74, 6) is -2.89. The van der Waals surface area contributed by atoms with E-state index in [1.807, 2.05) is 0 Å². The number of nitrogen functional groups attached to an aromatic ring is 1. The second-order valence-corrected chi connectivity index (χ2v) is 9.49. The molecule has 1 heterocycles. The number of amidine groups is 1. The monoisotopic (exact) mass is 576 g/mol. The molecule has 3 rings (SSSR count). The van der Waals surface area contributed by atoms with Crippen molar-refractivity contribution in [2.45, 2.75) is 44.9 Å². The van der Waals surface area contributed by atoms with Crippen LogP contribution in [0.3, 0.4) is 0 Å². The number of nitrogens with one attached hydrogen (secondary N) is 1. The second kappa shape index (κ2) is 13.2. The molecule has 0 radical (unpaired) electrons. The number of alkyl halides is 3. The van der Waals surface area contributed by atoms with E-state index >= 15 is 0 Å². The Balaban J connectivity index is 1.90. The first-order valence-corrected chi connectivity index (χ1v) is 12.8. The Morgan fingerprint density at radius 3 is 2.41 bits per heavy atom. The molecule has 1 aliphatic rings. The van der Waals surface area contributed by atoms with E-state index in [1.54, 1.807) is 4.90 Å². The molecular weight excluding hydrogens is 545 g/mol. The number of carboxylic acids is 1. The first-order valence-electron chi connectivity index (χ1n) is 12.8. The molecule has 10 nitrogen and oxygen atoms in total. The van der Waals surface area contributed by atoms with Crippen molar-refractivity contribution in [2.24, 2.45) is 5.73 Å². The van der Waals surface area contributed by atoms with Crippen LogP contribution in [-0.4, -0.2) is 64.5 Å². The van der Waals surface area contributed by atoms with Crippen LogP contribution < -0.4 is 15.4 Å². The Kier molecular flexibility index (Phi) is 9.98. The summed E-state index contributed by atoms with van der Waals surface area (Å²) in [5, 5.41) is 26.7. The number of hydrogen-bond acceptors (Lipinski definition) is 6. The number of rotatable bonds is 10. The van der Waals surface area contributed by atoms with Crippen molar-refractivity contribution in [3.63, 3.8) is 0 Å². The number of likely N-dealkylation sites (tertiary alicyclic amines) is 1. The van der Waals surface area contributed by atoms with Gasteiger partial charge in [0.05, 0.1) is 12.0 Å². The molecule has 0 atom stereocenters. The normalized spacial score (nSPS) is 14.2. The summed E-state index contributed by atoms with van der Waals surface area (Å²) in [5.41, 5.74) is 4.84. The average Bonchev–Trinajstić information content (AvgIpc) is 2.90. The minimum atomic E-state index is -4.82. The number of hydrogen-bond donors (Lipinski definition) is 4. The van der Waals surface area contributed by atoms with Gasteiger partial charge in [-0.2, -0.15) is 13.2 Å². The number of ether oxygens (including phenoxy) is 1. The van der Waals surface area contributed by atoms with Crippen molar-refractivity contribution in [3.8, 4) is 11.5 Å². The number of carbonyl (C=O) groups is 3. The smallest absolute Gasteiger partial charge is 0.420 e. The molecule has 1 saturated heterocycles. The number of anilines is 1. The van der Waals surface area contributed by atoms with Crippen LogP contribution in [0.1, 0.15) is 49.3 Å². The van der Waals surface area contributed by atoms with E-state index in [0.717, 1.165) is 17.0 Å². The van der Waals surface area contributed by atoms with Gasteiger partial charge in [-0.15, -0.1) is 0 Å². The molecule has 2 aromatic carbocycles. The van der Waals surface area contributed by atoms with Crippen molar-refractivity contribution in [3.05, 3.63) is 59.2 Å². The molecule has 0 saturated carbocycles. The number of phenols is 1. The van der Waals surface area contributed by atoms with Gasteiger partial charge in [-0.3, -0.25) is 19.8 Å². The molecule has 2 amide bonds. The Hall–Kier alpha value is -4.55. The van der Waals surface area contributed by atoms with Gasteiger partial charge in [0.2, 0.25) is 11.8 Å². The quantitative estimate of drug-likeness (QED) is 0.246. The molecule has 0 unspecified atom stereocenters. The predicted molar refractivity (Wildman–Crippen MR) is 145 cm³/mol. The number of amides is 2. The van der Waals surface area contributed by atoms with Gasteiger partial charge in [-0.25, -0.2) is 0 Å². The highest BCUT2D eigenvalue weighted by Crippen LogP contribution is 2.40. The van der Waals surface area contributed by atoms with E-state index in [9.17, 15) is 32.7 Å². The number of phenolic OH excluding ortho intramolecular Hbond substituents is 1. The summed E-state index contributed by atoms with van der Waals surface area (Å²) < 4.78 is 48.0. The zero-order valence-corrected chi connectivity index (χ0v) is 22.3. The van der Waals surface area contributed by atoms with Crippen LogP contribution in [0, 0.1) is 5.41 Å². The number of halogens is 3. The summed E-state index contributed by atoms with van der Waals surface area (Å²) in [6.45, 7) is 1.90. The molecule has 41 heavy (non-hydrogen) atoms. The molecule has 13 heteroatoms. The maximum Gasteiger partial charge on any atom is 0.420 e. The van der Waals surface area contributed by atoms with Crippen LogP contribution >= 0.6 is 0 Å². The first-order chi connectivity index (χ1) is 19.3. The third-order valence-corrected chi connectivity index (χ3v) is 6.54. The molecule has 1 fully saturated rings. The van der Waals surface area contributed by atoms with Gasteiger partial charge in [0, 0.05) is 62.6 Å². The highest BCUT2D eigenvalue weighted by Gasteiger charge is 2.36. The maximum atomic E-state index is 14.1. The lowest BCUT2D eigenvalue weighted by Crippen LogP contribution is -2.40. The predicted octanol–water partition coefficient (Wildman–Crippen LogP) is 4.00. The molecule has 0 spiro atoms. The van der Waals surface area contributed by atoms with Crippen LogP contribution in [0.15, 0.2) is 42.5 Å². The summed E-state index contributed by atoms with van der Waals surface area (Å²) in [6, 6.07) is 7.38. The van der Waals surface area contributed by atoms with Gasteiger partial charge in [0.1, 0.15) is 23.4 Å². The lowest BCUT2D eigenvalue weighted by Gasteiger charge is -2.32. The lowest BCUT2D eigenvalue weighted by atomic mass is 10.1. The van der Waals surface area contributed by atoms with Crippen molar-refractivity contribution in [1.29, 1.82) is 5.41 Å². The average molecular weight is 577 g/mol. The van der Waals surface area contributed by atoms with Gasteiger partial charge >= 0.3 is 12.1 Å². The standard InChI is InChI=1S/C28H31F3N4O6/c1-17(36)34-13-10-21(11-14-34)41-24-7-5-20(16-22(24)28(29,30)31)35(25(38)8-9-26(39)40)12-2-3-18-15-19(27(32)33)4-6-23(18)37/h2-7,15-16,21,37H,8-14H2,1H3,(H3,32,33)(H,39,40)/b3-2+. The van der Waals surface area contributed by atoms with Gasteiger partial charge < -0.3 is 30.5 Å². The van der Waals surface area contributed by atoms with Crippen LogP contribution in [0.2, 0.25) is 0 Å². The van der Waals surface area contributed by atoms with Crippen LogP contribution in [-0.2, 0) is 20.6 Å². The number of nitrogens with two attached hydrogens (primary N) is 1. The fraction of sp³-hybridized carbons (Fsp3) is 0.357. The Morgan fingerprint density at radius 2 is 1.83 bits per heavy atom. The highest BCUT2D eigenvalue weighted by atomic mass is 19.4. The van der Waals surface area contributed by atoms with Gasteiger partial charge in [-0.1, -0.05) is 12.2 Å². The van der Waals surface area contributed by atoms with Crippen LogP contribution in [0.4, 0.5) is 18.9 Å². The van der Waals surface area contributed by atoms with E-state index < -0.39 is 48.3 Å². The molecule has 0 aliphatic carbocycles.